The highest BCUT2D eigenvalue weighted by molar-refractivity contribution is 7.87. The maximum Gasteiger partial charge on any atom is 0.277 e. The maximum atomic E-state index is 11.6. The minimum Gasteiger partial charge on any atom is -0.324 e. The van der Waals surface area contributed by atoms with Crippen molar-refractivity contribution in [1.29, 1.82) is 0 Å². The van der Waals surface area contributed by atoms with E-state index in [4.69, 9.17) is 5.73 Å². The van der Waals surface area contributed by atoms with E-state index in [1.165, 1.54) is 12.8 Å². The van der Waals surface area contributed by atoms with E-state index < -0.39 is 10.2 Å². The van der Waals surface area contributed by atoms with Crippen molar-refractivity contribution in [3.05, 3.63) is 0 Å². The van der Waals surface area contributed by atoms with Crippen molar-refractivity contribution in [2.24, 2.45) is 5.73 Å². The number of halogens is 1. The van der Waals surface area contributed by atoms with Gasteiger partial charge in [-0.05, 0) is 26.7 Å². The first-order valence-corrected chi connectivity index (χ1v) is 7.87. The highest BCUT2D eigenvalue weighted by Crippen LogP contribution is 2.24. The monoisotopic (exact) mass is 299 g/mol. The third-order valence-electron chi connectivity index (χ3n) is 3.10. The predicted molar refractivity (Wildman–Crippen MR) is 77.1 cm³/mol. The van der Waals surface area contributed by atoms with Crippen molar-refractivity contribution >= 4 is 22.6 Å². The molecule has 0 atom stereocenters. The van der Waals surface area contributed by atoms with Gasteiger partial charge >= 0.3 is 0 Å². The lowest BCUT2D eigenvalue weighted by Gasteiger charge is -2.28. The number of rotatable bonds is 5. The molecule has 0 heterocycles. The molecule has 0 aromatic carbocycles. The molecule has 4 N–H and O–H groups in total. The topological polar surface area (TPSA) is 84.2 Å². The first-order chi connectivity index (χ1) is 7.83. The van der Waals surface area contributed by atoms with Crippen LogP contribution in [0.4, 0.5) is 0 Å². The number of hydrogen-bond acceptors (Lipinski definition) is 3. The van der Waals surface area contributed by atoms with Gasteiger partial charge < -0.3 is 5.73 Å². The Hall–Kier alpha value is 0.120. The summed E-state index contributed by atoms with van der Waals surface area (Å²) in [5, 5.41) is 0. The summed E-state index contributed by atoms with van der Waals surface area (Å²) in [4.78, 5) is 0. The molecule has 0 radical (unpaired) electrons. The van der Waals surface area contributed by atoms with Gasteiger partial charge in [0, 0.05) is 18.1 Å². The lowest BCUT2D eigenvalue weighted by molar-refractivity contribution is 0.368. The van der Waals surface area contributed by atoms with E-state index in [9.17, 15) is 8.42 Å². The zero-order chi connectivity index (χ0) is 12.9. The Kier molecular flexibility index (Phi) is 7.70. The molecule has 1 rings (SSSR count). The van der Waals surface area contributed by atoms with Crippen LogP contribution in [0, 0.1) is 0 Å². The molecule has 0 saturated heterocycles. The molecule has 7 heteroatoms. The van der Waals surface area contributed by atoms with Crippen LogP contribution in [0.25, 0.3) is 0 Å². The van der Waals surface area contributed by atoms with Gasteiger partial charge in [0.05, 0.1) is 0 Å². The fraction of sp³-hybridized carbons (Fsp3) is 1.00. The Morgan fingerprint density at radius 2 is 1.67 bits per heavy atom. The Morgan fingerprint density at radius 1 is 1.17 bits per heavy atom. The van der Waals surface area contributed by atoms with Crippen LogP contribution < -0.4 is 15.2 Å². The standard InChI is InChI=1S/C11H25N3O2S.ClH/c1-10(2)14-17(15,16)13-9-11(12)7-5-3-4-6-8-11;/h10,13-14H,3-9,12H2,1-2H3;1H. The van der Waals surface area contributed by atoms with Crippen molar-refractivity contribution in [2.75, 3.05) is 6.54 Å². The second-order valence-corrected chi connectivity index (χ2v) is 6.90. The fourth-order valence-electron chi connectivity index (χ4n) is 2.20. The van der Waals surface area contributed by atoms with Gasteiger partial charge in [-0.25, -0.2) is 4.72 Å². The van der Waals surface area contributed by atoms with Crippen molar-refractivity contribution in [2.45, 2.75) is 64.0 Å². The van der Waals surface area contributed by atoms with Crippen molar-refractivity contribution in [3.63, 3.8) is 0 Å². The first kappa shape index (κ1) is 18.1. The Labute approximate surface area is 117 Å². The van der Waals surface area contributed by atoms with Gasteiger partial charge in [-0.1, -0.05) is 25.7 Å². The molecule has 0 spiro atoms. The summed E-state index contributed by atoms with van der Waals surface area (Å²) in [6, 6.07) is -0.102. The summed E-state index contributed by atoms with van der Waals surface area (Å²) < 4.78 is 28.3. The molecule has 18 heavy (non-hydrogen) atoms. The molecule has 1 aliphatic carbocycles. The molecule has 0 aromatic heterocycles. The SMILES string of the molecule is CC(C)NS(=O)(=O)NCC1(N)CCCCCC1.Cl. The van der Waals surface area contributed by atoms with Gasteiger partial charge in [-0.3, -0.25) is 0 Å². The Bertz CT molecular complexity index is 325. The number of hydrogen-bond donors (Lipinski definition) is 3. The summed E-state index contributed by atoms with van der Waals surface area (Å²) in [6.07, 6.45) is 6.39. The molecule has 0 unspecified atom stereocenters. The molecule has 0 bridgehead atoms. The Balaban J connectivity index is 0.00000289. The van der Waals surface area contributed by atoms with Crippen LogP contribution in [0.3, 0.4) is 0 Å². The summed E-state index contributed by atoms with van der Waals surface area (Å²) >= 11 is 0. The second-order valence-electron chi connectivity index (χ2n) is 5.37. The van der Waals surface area contributed by atoms with Crippen molar-refractivity contribution in [1.82, 2.24) is 9.44 Å². The molecular weight excluding hydrogens is 274 g/mol. The number of nitrogens with one attached hydrogen (secondary N) is 2. The molecule has 5 nitrogen and oxygen atoms in total. The summed E-state index contributed by atoms with van der Waals surface area (Å²) in [5.74, 6) is 0. The van der Waals surface area contributed by atoms with Crippen molar-refractivity contribution < 1.29 is 8.42 Å². The molecule has 1 fully saturated rings. The third-order valence-corrected chi connectivity index (χ3v) is 4.41. The molecule has 0 aliphatic heterocycles. The van der Waals surface area contributed by atoms with E-state index in [2.05, 4.69) is 9.44 Å². The normalized spacial score (nSPS) is 20.2. The van der Waals surface area contributed by atoms with E-state index in [0.717, 1.165) is 25.7 Å². The van der Waals surface area contributed by atoms with Crippen LogP contribution in [0.5, 0.6) is 0 Å². The minimum absolute atomic E-state index is 0. The largest absolute Gasteiger partial charge is 0.324 e. The molecule has 1 saturated carbocycles. The van der Waals surface area contributed by atoms with Gasteiger partial charge in [0.25, 0.3) is 10.2 Å². The van der Waals surface area contributed by atoms with Gasteiger partial charge in [-0.15, -0.1) is 12.4 Å². The lowest BCUT2D eigenvalue weighted by Crippen LogP contribution is -2.52. The maximum absolute atomic E-state index is 11.6. The summed E-state index contributed by atoms with van der Waals surface area (Å²) in [5.41, 5.74) is 5.87. The average Bonchev–Trinajstić information content (AvgIpc) is 2.39. The zero-order valence-corrected chi connectivity index (χ0v) is 12.9. The minimum atomic E-state index is -3.41. The van der Waals surface area contributed by atoms with E-state index in [0.29, 0.717) is 6.54 Å². The second kappa shape index (κ2) is 7.65. The van der Waals surface area contributed by atoms with Crippen LogP contribution in [0.15, 0.2) is 0 Å². The van der Waals surface area contributed by atoms with E-state index >= 15 is 0 Å². The predicted octanol–water partition coefficient (Wildman–Crippen LogP) is 1.29. The van der Waals surface area contributed by atoms with Crippen LogP contribution in [-0.2, 0) is 10.2 Å². The molecule has 0 amide bonds. The van der Waals surface area contributed by atoms with Gasteiger partial charge in [0.2, 0.25) is 0 Å². The van der Waals surface area contributed by atoms with Crippen LogP contribution in [-0.4, -0.2) is 26.5 Å². The van der Waals surface area contributed by atoms with Crippen LogP contribution in [0.1, 0.15) is 52.4 Å². The first-order valence-electron chi connectivity index (χ1n) is 6.39. The highest BCUT2D eigenvalue weighted by atomic mass is 35.5. The average molecular weight is 300 g/mol. The fourth-order valence-corrected chi connectivity index (χ4v) is 3.38. The molecule has 0 aromatic rings. The quantitative estimate of drug-likeness (QED) is 0.669. The third kappa shape index (κ3) is 6.89. The smallest absolute Gasteiger partial charge is 0.277 e. The summed E-state index contributed by atoms with van der Waals surface area (Å²) in [7, 11) is -3.41. The highest BCUT2D eigenvalue weighted by Gasteiger charge is 2.27. The summed E-state index contributed by atoms with van der Waals surface area (Å²) in [6.45, 7) is 3.92. The number of nitrogens with two attached hydrogens (primary N) is 1. The van der Waals surface area contributed by atoms with E-state index in [1.807, 2.05) is 0 Å². The van der Waals surface area contributed by atoms with Crippen LogP contribution in [0.2, 0.25) is 0 Å². The van der Waals surface area contributed by atoms with E-state index in [1.54, 1.807) is 13.8 Å². The molecular formula is C11H26ClN3O2S. The van der Waals surface area contributed by atoms with E-state index in [-0.39, 0.29) is 24.0 Å². The van der Waals surface area contributed by atoms with Gasteiger partial charge in [-0.2, -0.15) is 13.1 Å². The van der Waals surface area contributed by atoms with Crippen LogP contribution >= 0.6 is 12.4 Å². The zero-order valence-electron chi connectivity index (χ0n) is 11.2. The van der Waals surface area contributed by atoms with Crippen molar-refractivity contribution in [3.8, 4) is 0 Å². The van der Waals surface area contributed by atoms with Gasteiger partial charge in [0.15, 0.2) is 0 Å². The lowest BCUT2D eigenvalue weighted by atomic mass is 9.92. The van der Waals surface area contributed by atoms with Gasteiger partial charge in [0.1, 0.15) is 0 Å². The molecule has 1 aliphatic rings. The Morgan fingerprint density at radius 3 is 2.11 bits per heavy atom. The molecule has 110 valence electrons.